The highest BCUT2D eigenvalue weighted by atomic mass is 19.1. The van der Waals surface area contributed by atoms with Crippen molar-refractivity contribution in [2.45, 2.75) is 38.3 Å². The number of anilines is 1. The highest BCUT2D eigenvalue weighted by Crippen LogP contribution is 2.31. The van der Waals surface area contributed by atoms with Crippen molar-refractivity contribution in [1.82, 2.24) is 4.90 Å². The van der Waals surface area contributed by atoms with Crippen molar-refractivity contribution in [2.24, 2.45) is 0 Å². The average molecular weight is 264 g/mol. The summed E-state index contributed by atoms with van der Waals surface area (Å²) in [7, 11) is 0. The number of nitrogens with one attached hydrogen (secondary N) is 1. The topological polar surface area (TPSA) is 24.5 Å². The largest absolute Gasteiger partial charge is 0.491 e. The molecular weight excluding hydrogens is 243 g/mol. The molecule has 2 atom stereocenters. The van der Waals surface area contributed by atoms with Gasteiger partial charge in [0.1, 0.15) is 0 Å². The summed E-state index contributed by atoms with van der Waals surface area (Å²) in [6, 6.07) is 6.26. The van der Waals surface area contributed by atoms with Crippen LogP contribution in [-0.4, -0.2) is 36.7 Å². The Labute approximate surface area is 113 Å². The van der Waals surface area contributed by atoms with E-state index in [1.807, 2.05) is 13.0 Å². The Morgan fingerprint density at radius 1 is 1.37 bits per heavy atom. The maximum Gasteiger partial charge on any atom is 0.167 e. The van der Waals surface area contributed by atoms with Gasteiger partial charge in [0, 0.05) is 30.4 Å². The Balaban J connectivity index is 1.68. The summed E-state index contributed by atoms with van der Waals surface area (Å²) in [4.78, 5) is 2.54. The number of benzene rings is 1. The van der Waals surface area contributed by atoms with Crippen molar-refractivity contribution in [2.75, 3.05) is 25.0 Å². The Morgan fingerprint density at radius 2 is 2.26 bits per heavy atom. The normalized spacial score (nSPS) is 26.4. The molecule has 2 saturated heterocycles. The zero-order valence-corrected chi connectivity index (χ0v) is 11.4. The van der Waals surface area contributed by atoms with Crippen LogP contribution in [0.2, 0.25) is 0 Å². The minimum atomic E-state index is -0.284. The number of ether oxygens (including phenoxy) is 1. The minimum Gasteiger partial charge on any atom is -0.491 e. The van der Waals surface area contributed by atoms with Crippen molar-refractivity contribution in [3.8, 4) is 5.75 Å². The van der Waals surface area contributed by atoms with Gasteiger partial charge in [-0.25, -0.2) is 4.39 Å². The SMILES string of the molecule is CCOc1ccc(NC2CCN3CCCC23)cc1F. The molecule has 104 valence electrons. The fraction of sp³-hybridized carbons (Fsp3) is 0.600. The molecule has 2 unspecified atom stereocenters. The lowest BCUT2D eigenvalue weighted by molar-refractivity contribution is 0.318. The summed E-state index contributed by atoms with van der Waals surface area (Å²) in [5, 5.41) is 3.49. The third kappa shape index (κ3) is 2.54. The summed E-state index contributed by atoms with van der Waals surface area (Å²) in [6.07, 6.45) is 3.71. The second-order valence-electron chi connectivity index (χ2n) is 5.36. The molecule has 2 aliphatic heterocycles. The van der Waals surface area contributed by atoms with E-state index in [4.69, 9.17) is 4.74 Å². The van der Waals surface area contributed by atoms with Gasteiger partial charge < -0.3 is 10.1 Å². The smallest absolute Gasteiger partial charge is 0.167 e. The van der Waals surface area contributed by atoms with E-state index in [-0.39, 0.29) is 5.82 Å². The zero-order chi connectivity index (χ0) is 13.2. The van der Waals surface area contributed by atoms with Gasteiger partial charge in [-0.2, -0.15) is 0 Å². The summed E-state index contributed by atoms with van der Waals surface area (Å²) in [6.45, 7) is 4.74. The first-order valence-corrected chi connectivity index (χ1v) is 7.21. The van der Waals surface area contributed by atoms with Gasteiger partial charge in [0.15, 0.2) is 11.6 Å². The number of rotatable bonds is 4. The van der Waals surface area contributed by atoms with Gasteiger partial charge in [-0.15, -0.1) is 0 Å². The predicted molar refractivity (Wildman–Crippen MR) is 74.2 cm³/mol. The van der Waals surface area contributed by atoms with Gasteiger partial charge >= 0.3 is 0 Å². The van der Waals surface area contributed by atoms with Crippen LogP contribution in [0.15, 0.2) is 18.2 Å². The van der Waals surface area contributed by atoms with Crippen molar-refractivity contribution in [3.63, 3.8) is 0 Å². The number of hydrogen-bond donors (Lipinski definition) is 1. The number of hydrogen-bond acceptors (Lipinski definition) is 3. The molecule has 2 fully saturated rings. The van der Waals surface area contributed by atoms with Crippen molar-refractivity contribution in [1.29, 1.82) is 0 Å². The summed E-state index contributed by atoms with van der Waals surface area (Å²) >= 11 is 0. The molecule has 0 bridgehead atoms. The van der Waals surface area contributed by atoms with Crippen LogP contribution in [-0.2, 0) is 0 Å². The van der Waals surface area contributed by atoms with E-state index in [9.17, 15) is 4.39 Å². The standard InChI is InChI=1S/C15H21FN2O/c1-2-19-15-6-5-11(10-12(15)16)17-13-7-9-18-8-3-4-14(13)18/h5-6,10,13-14,17H,2-4,7-9H2,1H3. The van der Waals surface area contributed by atoms with Crippen LogP contribution in [0.3, 0.4) is 0 Å². The molecule has 19 heavy (non-hydrogen) atoms. The van der Waals surface area contributed by atoms with Crippen molar-refractivity contribution >= 4 is 5.69 Å². The number of nitrogens with zero attached hydrogens (tertiary/aromatic N) is 1. The Hall–Kier alpha value is -1.29. The summed E-state index contributed by atoms with van der Waals surface area (Å²) < 4.78 is 19.0. The molecule has 3 rings (SSSR count). The first kappa shape index (κ1) is 12.7. The van der Waals surface area contributed by atoms with Crippen molar-refractivity contribution in [3.05, 3.63) is 24.0 Å². The molecule has 2 aliphatic rings. The van der Waals surface area contributed by atoms with Gasteiger partial charge in [0.05, 0.1) is 6.61 Å². The molecule has 3 nitrogen and oxygen atoms in total. The van der Waals surface area contributed by atoms with Crippen LogP contribution in [0.25, 0.3) is 0 Å². The quantitative estimate of drug-likeness (QED) is 0.905. The second-order valence-corrected chi connectivity index (χ2v) is 5.36. The van der Waals surface area contributed by atoms with Crippen molar-refractivity contribution < 1.29 is 9.13 Å². The van der Waals surface area contributed by atoms with Crippen LogP contribution in [0, 0.1) is 5.82 Å². The number of halogens is 1. The Morgan fingerprint density at radius 3 is 3.05 bits per heavy atom. The molecule has 4 heteroatoms. The van der Waals surface area contributed by atoms with Gasteiger partial charge in [-0.3, -0.25) is 4.90 Å². The molecule has 1 aromatic rings. The number of fused-ring (bicyclic) bond motifs is 1. The van der Waals surface area contributed by atoms with Crippen LogP contribution >= 0.6 is 0 Å². The molecule has 0 amide bonds. The lowest BCUT2D eigenvalue weighted by atomic mass is 10.1. The van der Waals surface area contributed by atoms with Gasteiger partial charge in [0.25, 0.3) is 0 Å². The van der Waals surface area contributed by atoms with Crippen LogP contribution in [0.1, 0.15) is 26.2 Å². The summed E-state index contributed by atoms with van der Waals surface area (Å²) in [5.74, 6) is 0.0510. The summed E-state index contributed by atoms with van der Waals surface area (Å²) in [5.41, 5.74) is 0.861. The van der Waals surface area contributed by atoms with Crippen LogP contribution in [0.5, 0.6) is 5.75 Å². The highest BCUT2D eigenvalue weighted by molar-refractivity contribution is 5.48. The maximum absolute atomic E-state index is 13.8. The third-order valence-corrected chi connectivity index (χ3v) is 4.19. The molecule has 1 N–H and O–H groups in total. The van der Waals surface area contributed by atoms with Gasteiger partial charge in [0.2, 0.25) is 0 Å². The third-order valence-electron chi connectivity index (χ3n) is 4.19. The lowest BCUT2D eigenvalue weighted by Crippen LogP contribution is -2.33. The Bertz CT molecular complexity index is 452. The molecule has 0 aliphatic carbocycles. The molecule has 2 heterocycles. The van der Waals surface area contributed by atoms with Crippen LogP contribution < -0.4 is 10.1 Å². The molecule has 1 aromatic carbocycles. The molecule has 0 radical (unpaired) electrons. The maximum atomic E-state index is 13.8. The predicted octanol–water partition coefficient (Wildman–Crippen LogP) is 2.87. The highest BCUT2D eigenvalue weighted by Gasteiger charge is 2.36. The molecular formula is C15H21FN2O. The first-order chi connectivity index (χ1) is 9.28. The van der Waals surface area contributed by atoms with E-state index >= 15 is 0 Å². The fourth-order valence-corrected chi connectivity index (χ4v) is 3.33. The van der Waals surface area contributed by atoms with E-state index in [1.165, 1.54) is 25.9 Å². The van der Waals surface area contributed by atoms with E-state index in [2.05, 4.69) is 10.2 Å². The van der Waals surface area contributed by atoms with Gasteiger partial charge in [-0.05, 0) is 44.9 Å². The van der Waals surface area contributed by atoms with E-state index in [0.717, 1.165) is 12.1 Å². The average Bonchev–Trinajstić information content (AvgIpc) is 2.98. The second kappa shape index (κ2) is 5.37. The monoisotopic (exact) mass is 264 g/mol. The lowest BCUT2D eigenvalue weighted by Gasteiger charge is -2.22. The van der Waals surface area contributed by atoms with E-state index in [0.29, 0.717) is 24.4 Å². The fourth-order valence-electron chi connectivity index (χ4n) is 3.33. The minimum absolute atomic E-state index is 0.284. The molecule has 0 spiro atoms. The molecule has 0 aromatic heterocycles. The van der Waals surface area contributed by atoms with E-state index in [1.54, 1.807) is 12.1 Å². The Kier molecular flexibility index (Phi) is 3.60. The first-order valence-electron chi connectivity index (χ1n) is 7.21. The van der Waals surface area contributed by atoms with E-state index < -0.39 is 0 Å². The zero-order valence-electron chi connectivity index (χ0n) is 11.4. The van der Waals surface area contributed by atoms with Crippen LogP contribution in [0.4, 0.5) is 10.1 Å². The van der Waals surface area contributed by atoms with Gasteiger partial charge in [-0.1, -0.05) is 0 Å². The molecule has 0 saturated carbocycles.